The van der Waals surface area contributed by atoms with Crippen molar-refractivity contribution in [3.8, 4) is 0 Å². The Kier molecular flexibility index (Phi) is 6.17. The van der Waals surface area contributed by atoms with Crippen LogP contribution in [-0.4, -0.2) is 0 Å². The SMILES string of the molecule is C=C(C)c1ccccc1.C=Cc1ccccc1C(C)(C)C. The Morgan fingerprint density at radius 3 is 1.81 bits per heavy atom. The maximum absolute atomic E-state index is 3.83. The highest BCUT2D eigenvalue weighted by atomic mass is 14.2. The van der Waals surface area contributed by atoms with Crippen molar-refractivity contribution in [2.45, 2.75) is 33.1 Å². The minimum absolute atomic E-state index is 0.213. The molecule has 21 heavy (non-hydrogen) atoms. The van der Waals surface area contributed by atoms with Gasteiger partial charge in [-0.3, -0.25) is 0 Å². The Morgan fingerprint density at radius 1 is 0.905 bits per heavy atom. The molecule has 0 amide bonds. The zero-order valence-electron chi connectivity index (χ0n) is 13.7. The van der Waals surface area contributed by atoms with E-state index >= 15 is 0 Å². The van der Waals surface area contributed by atoms with Crippen molar-refractivity contribution in [1.82, 2.24) is 0 Å². The van der Waals surface area contributed by atoms with E-state index in [1.165, 1.54) is 16.7 Å². The van der Waals surface area contributed by atoms with Crippen LogP contribution < -0.4 is 0 Å². The second kappa shape index (κ2) is 7.64. The van der Waals surface area contributed by atoms with Crippen molar-refractivity contribution in [3.63, 3.8) is 0 Å². The predicted octanol–water partition coefficient (Wildman–Crippen LogP) is 6.35. The average Bonchev–Trinajstić information content (AvgIpc) is 2.48. The zero-order chi connectivity index (χ0) is 15.9. The predicted molar refractivity (Wildman–Crippen MR) is 96.4 cm³/mol. The average molecular weight is 278 g/mol. The summed E-state index contributed by atoms with van der Waals surface area (Å²) in [5, 5.41) is 0. The number of benzene rings is 2. The third-order valence-electron chi connectivity index (χ3n) is 3.26. The lowest BCUT2D eigenvalue weighted by atomic mass is 9.84. The molecule has 0 bridgehead atoms. The van der Waals surface area contributed by atoms with Crippen molar-refractivity contribution in [2.24, 2.45) is 0 Å². The van der Waals surface area contributed by atoms with Gasteiger partial charge in [0.25, 0.3) is 0 Å². The lowest BCUT2D eigenvalue weighted by molar-refractivity contribution is 0.589. The molecule has 0 aliphatic heterocycles. The van der Waals surface area contributed by atoms with Crippen molar-refractivity contribution in [1.29, 1.82) is 0 Å². The topological polar surface area (TPSA) is 0 Å². The van der Waals surface area contributed by atoms with Crippen molar-refractivity contribution < 1.29 is 0 Å². The molecule has 110 valence electrons. The molecule has 0 heterocycles. The third-order valence-corrected chi connectivity index (χ3v) is 3.26. The maximum atomic E-state index is 3.83. The van der Waals surface area contributed by atoms with Crippen molar-refractivity contribution in [3.05, 3.63) is 84.4 Å². The number of hydrogen-bond donors (Lipinski definition) is 0. The summed E-state index contributed by atoms with van der Waals surface area (Å²) in [4.78, 5) is 0. The fraction of sp³-hybridized carbons (Fsp3) is 0.238. The molecule has 0 aromatic heterocycles. The first-order chi connectivity index (χ1) is 9.86. The molecule has 0 unspecified atom stereocenters. The van der Waals surface area contributed by atoms with Gasteiger partial charge in [0.1, 0.15) is 0 Å². The largest absolute Gasteiger partial charge is 0.0985 e. The van der Waals surface area contributed by atoms with E-state index in [0.29, 0.717) is 0 Å². The highest BCUT2D eigenvalue weighted by Crippen LogP contribution is 2.25. The molecule has 0 spiro atoms. The van der Waals surface area contributed by atoms with E-state index in [4.69, 9.17) is 0 Å². The Morgan fingerprint density at radius 2 is 1.43 bits per heavy atom. The maximum Gasteiger partial charge on any atom is -0.0126 e. The van der Waals surface area contributed by atoms with Crippen LogP contribution in [0.25, 0.3) is 11.6 Å². The summed E-state index contributed by atoms with van der Waals surface area (Å²) in [6.45, 7) is 16.3. The van der Waals surface area contributed by atoms with E-state index in [9.17, 15) is 0 Å². The van der Waals surface area contributed by atoms with Crippen LogP contribution in [0.4, 0.5) is 0 Å². The smallest absolute Gasteiger partial charge is 0.0126 e. The van der Waals surface area contributed by atoms with Gasteiger partial charge in [-0.05, 0) is 29.0 Å². The Labute approximate surface area is 129 Å². The van der Waals surface area contributed by atoms with Crippen LogP contribution >= 0.6 is 0 Å². The summed E-state index contributed by atoms with van der Waals surface area (Å²) < 4.78 is 0. The van der Waals surface area contributed by atoms with Gasteiger partial charge in [0.05, 0.1) is 0 Å². The van der Waals surface area contributed by atoms with Gasteiger partial charge in [-0.2, -0.15) is 0 Å². The van der Waals surface area contributed by atoms with Gasteiger partial charge < -0.3 is 0 Å². The van der Waals surface area contributed by atoms with E-state index in [1.807, 2.05) is 37.3 Å². The van der Waals surface area contributed by atoms with Crippen molar-refractivity contribution >= 4 is 11.6 Å². The van der Waals surface area contributed by atoms with E-state index in [1.54, 1.807) is 0 Å². The monoisotopic (exact) mass is 278 g/mol. The molecular weight excluding hydrogens is 252 g/mol. The number of allylic oxidation sites excluding steroid dienone is 1. The molecule has 0 fully saturated rings. The van der Waals surface area contributed by atoms with E-state index < -0.39 is 0 Å². The Hall–Kier alpha value is -2.08. The normalized spacial score (nSPS) is 10.3. The summed E-state index contributed by atoms with van der Waals surface area (Å²) in [6, 6.07) is 18.6. The summed E-state index contributed by atoms with van der Waals surface area (Å²) in [5.41, 5.74) is 5.16. The first-order valence-electron chi connectivity index (χ1n) is 7.29. The lowest BCUT2D eigenvalue weighted by Crippen LogP contribution is -2.12. The summed E-state index contributed by atoms with van der Waals surface area (Å²) in [7, 11) is 0. The fourth-order valence-corrected chi connectivity index (χ4v) is 2.08. The van der Waals surface area contributed by atoms with Gasteiger partial charge in [-0.15, -0.1) is 0 Å². The molecule has 0 aliphatic carbocycles. The van der Waals surface area contributed by atoms with Gasteiger partial charge >= 0.3 is 0 Å². The van der Waals surface area contributed by atoms with Crippen molar-refractivity contribution in [2.75, 3.05) is 0 Å². The van der Waals surface area contributed by atoms with Crippen LogP contribution in [0, 0.1) is 0 Å². The summed E-state index contributed by atoms with van der Waals surface area (Å²) in [6.07, 6.45) is 1.92. The molecule has 0 heteroatoms. The molecule has 0 saturated carbocycles. The van der Waals surface area contributed by atoms with E-state index in [2.05, 4.69) is 64.3 Å². The van der Waals surface area contributed by atoms with E-state index in [-0.39, 0.29) is 5.41 Å². The van der Waals surface area contributed by atoms with Gasteiger partial charge in [0, 0.05) is 0 Å². The van der Waals surface area contributed by atoms with Gasteiger partial charge in [-0.1, -0.05) is 100 Å². The molecule has 0 radical (unpaired) electrons. The number of rotatable bonds is 2. The van der Waals surface area contributed by atoms with Gasteiger partial charge in [0.15, 0.2) is 0 Å². The molecule has 0 aliphatic rings. The standard InChI is InChI=1S/C12H16.C9H10/c1-5-10-8-6-7-9-11(10)12(2,3)4;1-8(2)9-6-4-3-5-7-9/h5-9H,1H2,2-4H3;3-7H,1H2,2H3. The zero-order valence-corrected chi connectivity index (χ0v) is 13.7. The molecule has 0 atom stereocenters. The second-order valence-electron chi connectivity index (χ2n) is 6.19. The van der Waals surface area contributed by atoms with E-state index in [0.717, 1.165) is 5.57 Å². The van der Waals surface area contributed by atoms with Crippen LogP contribution in [-0.2, 0) is 5.41 Å². The highest BCUT2D eigenvalue weighted by molar-refractivity contribution is 5.60. The molecule has 2 aromatic carbocycles. The lowest BCUT2D eigenvalue weighted by Gasteiger charge is -2.21. The quantitative estimate of drug-likeness (QED) is 0.600. The Bertz CT molecular complexity index is 583. The van der Waals surface area contributed by atoms with Crippen LogP contribution in [0.2, 0.25) is 0 Å². The van der Waals surface area contributed by atoms with Crippen LogP contribution in [0.15, 0.2) is 67.8 Å². The Balaban J connectivity index is 0.000000219. The fourth-order valence-electron chi connectivity index (χ4n) is 2.08. The first kappa shape index (κ1) is 17.0. The molecule has 2 aromatic rings. The third kappa shape index (κ3) is 5.43. The van der Waals surface area contributed by atoms with Crippen LogP contribution in [0.3, 0.4) is 0 Å². The first-order valence-corrected chi connectivity index (χ1v) is 7.29. The van der Waals surface area contributed by atoms with Crippen LogP contribution in [0.1, 0.15) is 44.4 Å². The molecule has 0 saturated heterocycles. The minimum Gasteiger partial charge on any atom is -0.0985 e. The molecular formula is C21H26. The molecule has 0 nitrogen and oxygen atoms in total. The summed E-state index contributed by atoms with van der Waals surface area (Å²) >= 11 is 0. The molecule has 0 N–H and O–H groups in total. The van der Waals surface area contributed by atoms with Crippen LogP contribution in [0.5, 0.6) is 0 Å². The second-order valence-corrected chi connectivity index (χ2v) is 6.19. The summed E-state index contributed by atoms with van der Waals surface area (Å²) in [5.74, 6) is 0. The minimum atomic E-state index is 0.213. The van der Waals surface area contributed by atoms with Gasteiger partial charge in [0.2, 0.25) is 0 Å². The van der Waals surface area contributed by atoms with Gasteiger partial charge in [-0.25, -0.2) is 0 Å². The highest BCUT2D eigenvalue weighted by Gasteiger charge is 2.15. The molecule has 2 rings (SSSR count). The number of hydrogen-bond acceptors (Lipinski definition) is 0.